The van der Waals surface area contributed by atoms with Crippen LogP contribution in [0.5, 0.6) is 11.5 Å². The van der Waals surface area contributed by atoms with Gasteiger partial charge in [-0.1, -0.05) is 37.1 Å². The minimum Gasteiger partial charge on any atom is -0.480 e. The SMILES string of the molecule is C#COP(=O)(OC#C)OCCc1ccc(OC(=O)c2ccccc2OC(=O)CC[C@H](NC(=O)c2ccc(NCc3cnc4[nH]c(C)nc(=O)c4n3)cc2)C(=O)O)cc1. The summed E-state index contributed by atoms with van der Waals surface area (Å²) in [5, 5.41) is 15.3. The molecule has 2 aromatic heterocycles. The molecule has 1 atom stereocenters. The number of phosphoric ester groups is 1. The fraction of sp³-hybridized carbons (Fsp3) is 0.179. The standard InChI is InChI=1S/C39H33N6O12P/c1-4-53-58(52,54-5-2)55-21-20-25-10-16-29(17-11-25)56-39(51)30-8-6-7-9-32(30)57-33(46)19-18-31(38(49)50)45-36(47)26-12-14-27(15-13-26)40-22-28-23-41-35-34(44-28)37(48)43-24(3)42-35/h1-2,6-17,23,31,40H,18-22H2,3H3,(H,45,47)(H,49,50)(H,41,42,43,48)/t31-/m0/s1. The summed E-state index contributed by atoms with van der Waals surface area (Å²) in [7, 11) is -4.11. The molecule has 0 radical (unpaired) electrons. The minimum atomic E-state index is -4.11. The van der Waals surface area contributed by atoms with Gasteiger partial charge in [-0.2, -0.15) is 4.98 Å². The Morgan fingerprint density at radius 3 is 2.34 bits per heavy atom. The summed E-state index contributed by atoms with van der Waals surface area (Å²) in [4.78, 5) is 78.1. The van der Waals surface area contributed by atoms with Crippen LogP contribution in [0.1, 0.15) is 50.6 Å². The van der Waals surface area contributed by atoms with Crippen molar-refractivity contribution in [2.75, 3.05) is 11.9 Å². The minimum absolute atomic E-state index is 0.0834. The first kappa shape index (κ1) is 41.6. The monoisotopic (exact) mass is 808 g/mol. The smallest absolute Gasteiger partial charge is 0.480 e. The van der Waals surface area contributed by atoms with E-state index in [-0.39, 0.29) is 54.1 Å². The molecule has 5 rings (SSSR count). The van der Waals surface area contributed by atoms with E-state index < -0.39 is 49.7 Å². The summed E-state index contributed by atoms with van der Waals surface area (Å²) in [6.07, 6.45) is 14.4. The lowest BCUT2D eigenvalue weighted by atomic mass is 10.1. The van der Waals surface area contributed by atoms with Crippen LogP contribution in [0.15, 0.2) is 83.8 Å². The summed E-state index contributed by atoms with van der Waals surface area (Å²) in [6.45, 7) is 1.72. The average Bonchev–Trinajstić information content (AvgIpc) is 3.19. The highest BCUT2D eigenvalue weighted by molar-refractivity contribution is 7.48. The molecule has 0 bridgehead atoms. The molecule has 5 aromatic rings. The lowest BCUT2D eigenvalue weighted by molar-refractivity contribution is -0.140. The van der Waals surface area contributed by atoms with E-state index in [0.29, 0.717) is 28.4 Å². The summed E-state index contributed by atoms with van der Waals surface area (Å²) >= 11 is 0. The van der Waals surface area contributed by atoms with Crippen LogP contribution in [0.3, 0.4) is 0 Å². The van der Waals surface area contributed by atoms with Crippen molar-refractivity contribution < 1.29 is 51.9 Å². The highest BCUT2D eigenvalue weighted by Crippen LogP contribution is 2.48. The number of fused-ring (bicyclic) bond motifs is 1. The first-order valence-corrected chi connectivity index (χ1v) is 18.6. The molecule has 2 heterocycles. The molecule has 0 fully saturated rings. The van der Waals surface area contributed by atoms with E-state index in [1.807, 2.05) is 0 Å². The Labute approximate surface area is 329 Å². The fourth-order valence-corrected chi connectivity index (χ4v) is 5.82. The number of benzene rings is 3. The predicted octanol–water partition coefficient (Wildman–Crippen LogP) is 4.30. The first-order valence-electron chi connectivity index (χ1n) is 17.1. The molecule has 0 aliphatic rings. The van der Waals surface area contributed by atoms with Crippen LogP contribution in [-0.4, -0.2) is 61.5 Å². The Bertz CT molecular complexity index is 2490. The number of H-pyrrole nitrogens is 1. The molecule has 0 unspecified atom stereocenters. The molecule has 0 spiro atoms. The van der Waals surface area contributed by atoms with Gasteiger partial charge in [0.2, 0.25) is 0 Å². The van der Waals surface area contributed by atoms with Crippen LogP contribution in [0, 0.1) is 32.0 Å². The number of carbonyl (C=O) groups is 4. The fourth-order valence-electron chi connectivity index (χ4n) is 5.11. The first-order chi connectivity index (χ1) is 27.9. The topological polar surface area (TPSA) is 247 Å². The van der Waals surface area contributed by atoms with Crippen molar-refractivity contribution in [3.8, 4) is 36.6 Å². The number of nitrogens with one attached hydrogen (secondary N) is 3. The number of carboxylic acid groups (broad SMARTS) is 1. The number of carbonyl (C=O) groups excluding carboxylic acids is 3. The van der Waals surface area contributed by atoms with Crippen molar-refractivity contribution in [2.24, 2.45) is 0 Å². The van der Waals surface area contributed by atoms with Crippen LogP contribution < -0.4 is 25.7 Å². The number of esters is 2. The number of nitrogens with zero attached hydrogens (tertiary/aromatic N) is 3. The zero-order valence-corrected chi connectivity index (χ0v) is 31.4. The number of terminal acetylenes is 2. The number of aryl methyl sites for hydroxylation is 1. The van der Waals surface area contributed by atoms with E-state index >= 15 is 0 Å². The number of ether oxygens (including phenoxy) is 2. The molecule has 0 aliphatic carbocycles. The molecule has 296 valence electrons. The number of aromatic nitrogens is 4. The maximum Gasteiger partial charge on any atom is 0.604 e. The van der Waals surface area contributed by atoms with Crippen LogP contribution in [-0.2, 0) is 40.7 Å². The average molecular weight is 809 g/mol. The molecule has 0 saturated heterocycles. The second kappa shape index (κ2) is 19.4. The highest BCUT2D eigenvalue weighted by Gasteiger charge is 2.28. The van der Waals surface area contributed by atoms with Crippen molar-refractivity contribution in [3.05, 3.63) is 118 Å². The molecule has 3 aromatic carbocycles. The lowest BCUT2D eigenvalue weighted by Crippen LogP contribution is -2.41. The molecular weight excluding hydrogens is 775 g/mol. The molecular formula is C39H33N6O12P. The third-order valence-corrected chi connectivity index (χ3v) is 9.05. The Kier molecular flexibility index (Phi) is 13.9. The van der Waals surface area contributed by atoms with Gasteiger partial charge in [0.1, 0.15) is 41.1 Å². The van der Waals surface area contributed by atoms with Crippen molar-refractivity contribution in [1.82, 2.24) is 25.3 Å². The van der Waals surface area contributed by atoms with Gasteiger partial charge in [-0.25, -0.2) is 24.1 Å². The van der Waals surface area contributed by atoms with Gasteiger partial charge in [-0.3, -0.25) is 18.9 Å². The Morgan fingerprint density at radius 1 is 0.948 bits per heavy atom. The summed E-state index contributed by atoms with van der Waals surface area (Å²) in [6, 6.07) is 16.7. The van der Waals surface area contributed by atoms with E-state index in [4.69, 9.17) is 26.8 Å². The summed E-state index contributed by atoms with van der Waals surface area (Å²) in [5.74, 6) is -3.33. The number of anilines is 1. The Balaban J connectivity index is 1.10. The molecule has 58 heavy (non-hydrogen) atoms. The zero-order chi connectivity index (χ0) is 41.7. The van der Waals surface area contributed by atoms with Crippen LogP contribution >= 0.6 is 7.82 Å². The molecule has 4 N–H and O–H groups in total. The van der Waals surface area contributed by atoms with Gasteiger partial charge in [-0.05, 0) is 73.9 Å². The van der Waals surface area contributed by atoms with E-state index in [1.165, 1.54) is 54.7 Å². The maximum atomic E-state index is 13.0. The van der Waals surface area contributed by atoms with Crippen molar-refractivity contribution in [1.29, 1.82) is 0 Å². The van der Waals surface area contributed by atoms with Crippen molar-refractivity contribution in [3.63, 3.8) is 0 Å². The maximum absolute atomic E-state index is 13.0. The van der Waals surface area contributed by atoms with Gasteiger partial charge in [0.25, 0.3) is 5.91 Å². The van der Waals surface area contributed by atoms with E-state index in [9.17, 15) is 33.6 Å². The Hall–Kier alpha value is -7.53. The van der Waals surface area contributed by atoms with Gasteiger partial charge < -0.3 is 39.2 Å². The molecule has 19 heteroatoms. The van der Waals surface area contributed by atoms with E-state index in [2.05, 4.69) is 39.6 Å². The van der Waals surface area contributed by atoms with Crippen molar-refractivity contribution >= 4 is 48.5 Å². The van der Waals surface area contributed by atoms with Gasteiger partial charge >= 0.3 is 31.3 Å². The largest absolute Gasteiger partial charge is 0.604 e. The third-order valence-electron chi connectivity index (χ3n) is 7.89. The molecule has 0 saturated carbocycles. The number of aromatic amines is 1. The quantitative estimate of drug-likeness (QED) is 0.0417. The number of carboxylic acids is 1. The molecule has 18 nitrogen and oxygen atoms in total. The van der Waals surface area contributed by atoms with Crippen LogP contribution in [0.2, 0.25) is 0 Å². The normalized spacial score (nSPS) is 11.3. The van der Waals surface area contributed by atoms with Gasteiger partial charge in [0.15, 0.2) is 11.2 Å². The van der Waals surface area contributed by atoms with Crippen LogP contribution in [0.4, 0.5) is 5.69 Å². The summed E-state index contributed by atoms with van der Waals surface area (Å²) in [5.41, 5.74) is 1.77. The van der Waals surface area contributed by atoms with Crippen LogP contribution in [0.25, 0.3) is 11.2 Å². The number of amides is 1. The number of aliphatic carboxylic acids is 1. The second-order valence-corrected chi connectivity index (χ2v) is 13.5. The number of para-hydroxylation sites is 1. The van der Waals surface area contributed by atoms with Gasteiger partial charge in [0, 0.05) is 17.7 Å². The second-order valence-electron chi connectivity index (χ2n) is 12.0. The van der Waals surface area contributed by atoms with Crippen molar-refractivity contribution in [2.45, 2.75) is 38.8 Å². The Morgan fingerprint density at radius 2 is 1.66 bits per heavy atom. The van der Waals surface area contributed by atoms with E-state index in [1.54, 1.807) is 43.4 Å². The van der Waals surface area contributed by atoms with E-state index in [0.717, 1.165) is 0 Å². The zero-order valence-electron chi connectivity index (χ0n) is 30.5. The lowest BCUT2D eigenvalue weighted by Gasteiger charge is -2.15. The van der Waals surface area contributed by atoms with Gasteiger partial charge in [0.05, 0.1) is 25.0 Å². The number of rotatable bonds is 18. The molecule has 0 aliphatic heterocycles. The molecule has 1 amide bonds. The van der Waals surface area contributed by atoms with Gasteiger partial charge in [-0.15, -0.1) is 0 Å². The summed E-state index contributed by atoms with van der Waals surface area (Å²) < 4.78 is 37.1. The highest BCUT2D eigenvalue weighted by atomic mass is 31.2. The third kappa shape index (κ3) is 11.5. The number of hydrogen-bond acceptors (Lipinski definition) is 15. The predicted molar refractivity (Wildman–Crippen MR) is 205 cm³/mol. The number of hydrogen-bond donors (Lipinski definition) is 4. The number of phosphoric acid groups is 1.